The number of amides is 1. The molecule has 0 aromatic heterocycles. The molecule has 2 nitrogen and oxygen atoms in total. The zero-order valence-electron chi connectivity index (χ0n) is 7.28. The van der Waals surface area contributed by atoms with Crippen molar-refractivity contribution >= 4 is 11.6 Å². The number of nitrogens with one attached hydrogen (secondary N) is 1. The van der Waals surface area contributed by atoms with Gasteiger partial charge in [0.05, 0.1) is 12.0 Å². The van der Waals surface area contributed by atoms with Crippen molar-refractivity contribution in [2.24, 2.45) is 0 Å². The summed E-state index contributed by atoms with van der Waals surface area (Å²) in [5.74, 6) is -1.78. The fourth-order valence-corrected chi connectivity index (χ4v) is 1.46. The summed E-state index contributed by atoms with van der Waals surface area (Å²) in [5.41, 5.74) is -1.07. The quantitative estimate of drug-likeness (QED) is 0.666. The first-order chi connectivity index (χ1) is 6.88. The van der Waals surface area contributed by atoms with Crippen LogP contribution in [0, 0.1) is 5.82 Å². The zero-order chi connectivity index (χ0) is 11.2. The maximum Gasteiger partial charge on any atom is 0.419 e. The third kappa shape index (κ3) is 1.67. The van der Waals surface area contributed by atoms with Crippen LogP contribution in [0.3, 0.4) is 0 Å². The van der Waals surface area contributed by atoms with E-state index in [-0.39, 0.29) is 17.7 Å². The maximum absolute atomic E-state index is 13.0. The fourth-order valence-electron chi connectivity index (χ4n) is 1.46. The fraction of sp³-hybridized carbons (Fsp3) is 0.222. The third-order valence-electron chi connectivity index (χ3n) is 2.12. The molecule has 1 aliphatic heterocycles. The van der Waals surface area contributed by atoms with Crippen LogP contribution in [0.25, 0.3) is 0 Å². The average molecular weight is 219 g/mol. The Balaban J connectivity index is 2.54. The van der Waals surface area contributed by atoms with Crippen LogP contribution in [0.4, 0.5) is 23.2 Å². The van der Waals surface area contributed by atoms with Gasteiger partial charge in [0.1, 0.15) is 5.82 Å². The number of halogens is 4. The highest BCUT2D eigenvalue weighted by Crippen LogP contribution is 2.36. The number of rotatable bonds is 0. The first kappa shape index (κ1) is 9.95. The predicted molar refractivity (Wildman–Crippen MR) is 43.7 cm³/mol. The molecular weight excluding hydrogens is 214 g/mol. The number of benzene rings is 1. The van der Waals surface area contributed by atoms with Crippen LogP contribution in [-0.4, -0.2) is 5.91 Å². The van der Waals surface area contributed by atoms with Crippen molar-refractivity contribution in [3.63, 3.8) is 0 Å². The molecule has 0 unspecified atom stereocenters. The Morgan fingerprint density at radius 2 is 1.93 bits per heavy atom. The Bertz CT molecular complexity index is 438. The Hall–Kier alpha value is -1.59. The van der Waals surface area contributed by atoms with Crippen LogP contribution in [0.15, 0.2) is 12.1 Å². The maximum atomic E-state index is 13.0. The van der Waals surface area contributed by atoms with Crippen LogP contribution < -0.4 is 5.32 Å². The second-order valence-electron chi connectivity index (χ2n) is 3.21. The molecule has 1 aromatic carbocycles. The van der Waals surface area contributed by atoms with Gasteiger partial charge < -0.3 is 5.32 Å². The van der Waals surface area contributed by atoms with E-state index in [0.29, 0.717) is 6.07 Å². The minimum absolute atomic E-state index is 0.0359. The van der Waals surface area contributed by atoms with E-state index < -0.39 is 23.5 Å². The van der Waals surface area contributed by atoms with Gasteiger partial charge >= 0.3 is 6.18 Å². The molecule has 0 atom stereocenters. The van der Waals surface area contributed by atoms with E-state index >= 15 is 0 Å². The summed E-state index contributed by atoms with van der Waals surface area (Å²) >= 11 is 0. The number of carbonyl (C=O) groups excluding carboxylic acids is 1. The van der Waals surface area contributed by atoms with Crippen molar-refractivity contribution in [1.82, 2.24) is 0 Å². The summed E-state index contributed by atoms with van der Waals surface area (Å²) in [6.45, 7) is 0. The topological polar surface area (TPSA) is 29.1 Å². The Kier molecular flexibility index (Phi) is 1.95. The molecule has 0 fully saturated rings. The number of alkyl halides is 3. The highest BCUT2D eigenvalue weighted by molar-refractivity contribution is 5.99. The van der Waals surface area contributed by atoms with E-state index in [2.05, 4.69) is 5.32 Å². The molecule has 6 heteroatoms. The normalized spacial score (nSPS) is 15.1. The summed E-state index contributed by atoms with van der Waals surface area (Å²) in [6, 6.07) is 1.37. The first-order valence-corrected chi connectivity index (χ1v) is 4.07. The van der Waals surface area contributed by atoms with Gasteiger partial charge in [0, 0.05) is 5.69 Å². The van der Waals surface area contributed by atoms with E-state index in [0.717, 1.165) is 6.07 Å². The lowest BCUT2D eigenvalue weighted by atomic mass is 10.1. The third-order valence-corrected chi connectivity index (χ3v) is 2.12. The SMILES string of the molecule is O=C1Cc2cc(F)c(C(F)(F)F)cc2N1. The lowest BCUT2D eigenvalue weighted by molar-refractivity contribution is -0.140. The Labute approximate surface area is 81.9 Å². The molecule has 1 heterocycles. The summed E-state index contributed by atoms with van der Waals surface area (Å²) in [7, 11) is 0. The number of fused-ring (bicyclic) bond motifs is 1. The van der Waals surface area contributed by atoms with Crippen molar-refractivity contribution in [1.29, 1.82) is 0 Å². The molecule has 0 saturated heterocycles. The second-order valence-corrected chi connectivity index (χ2v) is 3.21. The lowest BCUT2D eigenvalue weighted by Crippen LogP contribution is -2.09. The molecule has 1 amide bonds. The molecular formula is C9H5F4NO. The minimum atomic E-state index is -4.74. The van der Waals surface area contributed by atoms with Crippen molar-refractivity contribution in [2.75, 3.05) is 5.32 Å². The second kappa shape index (κ2) is 2.95. The molecule has 0 radical (unpaired) electrons. The van der Waals surface area contributed by atoms with Crippen molar-refractivity contribution in [2.45, 2.75) is 12.6 Å². The van der Waals surface area contributed by atoms with Crippen LogP contribution >= 0.6 is 0 Å². The van der Waals surface area contributed by atoms with Gasteiger partial charge in [-0.1, -0.05) is 0 Å². The zero-order valence-corrected chi connectivity index (χ0v) is 7.28. The van der Waals surface area contributed by atoms with Gasteiger partial charge in [0.15, 0.2) is 0 Å². The summed E-state index contributed by atoms with van der Waals surface area (Å²) in [4.78, 5) is 10.9. The monoisotopic (exact) mass is 219 g/mol. The van der Waals surface area contributed by atoms with E-state index in [1.54, 1.807) is 0 Å². The van der Waals surface area contributed by atoms with Crippen LogP contribution in [-0.2, 0) is 17.4 Å². The number of hydrogen-bond acceptors (Lipinski definition) is 1. The van der Waals surface area contributed by atoms with E-state index in [4.69, 9.17) is 0 Å². The molecule has 1 N–H and O–H groups in total. The molecule has 15 heavy (non-hydrogen) atoms. The molecule has 0 saturated carbocycles. The van der Waals surface area contributed by atoms with Crippen molar-refractivity contribution < 1.29 is 22.4 Å². The average Bonchev–Trinajstić information content (AvgIpc) is 2.40. The molecule has 0 aliphatic carbocycles. The largest absolute Gasteiger partial charge is 0.419 e. The van der Waals surface area contributed by atoms with Crippen molar-refractivity contribution in [3.8, 4) is 0 Å². The van der Waals surface area contributed by atoms with Crippen molar-refractivity contribution in [3.05, 3.63) is 29.1 Å². The summed E-state index contributed by atoms with van der Waals surface area (Å²) < 4.78 is 49.8. The molecule has 0 bridgehead atoms. The smallest absolute Gasteiger partial charge is 0.326 e. The number of anilines is 1. The van der Waals surface area contributed by atoms with E-state index in [1.165, 1.54) is 0 Å². The van der Waals surface area contributed by atoms with Gasteiger partial charge in [0.2, 0.25) is 5.91 Å². The van der Waals surface area contributed by atoms with Gasteiger partial charge in [-0.15, -0.1) is 0 Å². The van der Waals surface area contributed by atoms with Gasteiger partial charge in [0.25, 0.3) is 0 Å². The molecule has 0 spiro atoms. The Morgan fingerprint density at radius 1 is 1.27 bits per heavy atom. The standard InChI is InChI=1S/C9H5F4NO/c10-6-1-4-2-8(15)14-7(4)3-5(6)9(11,12)13/h1,3H,2H2,(H,14,15). The van der Waals surface area contributed by atoms with Gasteiger partial charge in [-0.05, 0) is 17.7 Å². The lowest BCUT2D eigenvalue weighted by Gasteiger charge is -2.09. The van der Waals surface area contributed by atoms with Gasteiger partial charge in [-0.25, -0.2) is 4.39 Å². The van der Waals surface area contributed by atoms with Crippen LogP contribution in [0.1, 0.15) is 11.1 Å². The predicted octanol–water partition coefficient (Wildman–Crippen LogP) is 2.34. The van der Waals surface area contributed by atoms with E-state index in [1.807, 2.05) is 0 Å². The van der Waals surface area contributed by atoms with Crippen LogP contribution in [0.2, 0.25) is 0 Å². The number of carbonyl (C=O) groups is 1. The highest BCUT2D eigenvalue weighted by atomic mass is 19.4. The summed E-state index contributed by atoms with van der Waals surface area (Å²) in [6.07, 6.45) is -4.82. The molecule has 1 aromatic rings. The molecule has 80 valence electrons. The van der Waals surface area contributed by atoms with E-state index in [9.17, 15) is 22.4 Å². The Morgan fingerprint density at radius 3 is 2.53 bits per heavy atom. The van der Waals surface area contributed by atoms with Gasteiger partial charge in [-0.3, -0.25) is 4.79 Å². The first-order valence-electron chi connectivity index (χ1n) is 4.07. The molecule has 2 rings (SSSR count). The highest BCUT2D eigenvalue weighted by Gasteiger charge is 2.36. The summed E-state index contributed by atoms with van der Waals surface area (Å²) in [5, 5.41) is 2.23. The minimum Gasteiger partial charge on any atom is -0.326 e. The van der Waals surface area contributed by atoms with Gasteiger partial charge in [-0.2, -0.15) is 13.2 Å². The molecule has 1 aliphatic rings. The number of hydrogen-bond donors (Lipinski definition) is 1. The van der Waals surface area contributed by atoms with Crippen LogP contribution in [0.5, 0.6) is 0 Å².